The maximum Gasteiger partial charge on any atom is 0.338 e. The normalized spacial score (nSPS) is 10.8. The van der Waals surface area contributed by atoms with Crippen molar-refractivity contribution in [3.8, 4) is 11.1 Å². The number of carboxylic acid groups (broad SMARTS) is 1. The van der Waals surface area contributed by atoms with Crippen LogP contribution < -0.4 is 0 Å². The number of hydrogen-bond donors (Lipinski definition) is 2. The zero-order valence-electron chi connectivity index (χ0n) is 10.2. The van der Waals surface area contributed by atoms with E-state index in [1.807, 2.05) is 30.3 Å². The number of aromatic nitrogens is 3. The first-order chi connectivity index (χ1) is 9.18. The number of nitrogens with zero attached hydrogens (tertiary/aromatic N) is 2. The molecule has 2 heterocycles. The Morgan fingerprint density at radius 2 is 2.00 bits per heavy atom. The van der Waals surface area contributed by atoms with Crippen molar-refractivity contribution in [2.24, 2.45) is 0 Å². The van der Waals surface area contributed by atoms with Crippen LogP contribution in [-0.4, -0.2) is 26.3 Å². The number of benzene rings is 1. The standard InChI is InChI=1S/C14H11N3O2/c1-8-11(14(18)19)12(9-5-3-2-4-6-9)10-7-15-17-13(10)16-8/h2-7H,1H3,(H,18,19)(H,15,16,17). The number of H-pyrrole nitrogens is 1. The molecule has 19 heavy (non-hydrogen) atoms. The first-order valence-electron chi connectivity index (χ1n) is 5.81. The summed E-state index contributed by atoms with van der Waals surface area (Å²) in [5, 5.41) is 16.9. The van der Waals surface area contributed by atoms with Gasteiger partial charge in [0, 0.05) is 10.9 Å². The third kappa shape index (κ3) is 1.76. The first-order valence-corrected chi connectivity index (χ1v) is 5.81. The second-order valence-electron chi connectivity index (χ2n) is 4.25. The van der Waals surface area contributed by atoms with Gasteiger partial charge in [-0.2, -0.15) is 5.10 Å². The van der Waals surface area contributed by atoms with Crippen LogP contribution in [0.5, 0.6) is 0 Å². The predicted octanol–water partition coefficient (Wildman–Crippen LogP) is 2.63. The highest BCUT2D eigenvalue weighted by Crippen LogP contribution is 2.31. The molecule has 0 saturated carbocycles. The average molecular weight is 253 g/mol. The van der Waals surface area contributed by atoms with Crippen molar-refractivity contribution < 1.29 is 9.90 Å². The average Bonchev–Trinajstić information content (AvgIpc) is 2.85. The first kappa shape index (κ1) is 11.4. The molecule has 2 N–H and O–H groups in total. The Morgan fingerprint density at radius 1 is 1.26 bits per heavy atom. The minimum absolute atomic E-state index is 0.222. The van der Waals surface area contributed by atoms with Gasteiger partial charge in [0.25, 0.3) is 0 Å². The van der Waals surface area contributed by atoms with Crippen LogP contribution in [0.2, 0.25) is 0 Å². The molecule has 1 aromatic carbocycles. The van der Waals surface area contributed by atoms with Crippen LogP contribution in [-0.2, 0) is 0 Å². The summed E-state index contributed by atoms with van der Waals surface area (Å²) in [6.07, 6.45) is 1.61. The van der Waals surface area contributed by atoms with Crippen molar-refractivity contribution in [3.63, 3.8) is 0 Å². The molecular formula is C14H11N3O2. The maximum atomic E-state index is 11.5. The largest absolute Gasteiger partial charge is 0.478 e. The summed E-state index contributed by atoms with van der Waals surface area (Å²) in [5.41, 5.74) is 2.80. The summed E-state index contributed by atoms with van der Waals surface area (Å²) >= 11 is 0. The van der Waals surface area contributed by atoms with E-state index in [1.54, 1.807) is 13.1 Å². The van der Waals surface area contributed by atoms with Gasteiger partial charge in [0.2, 0.25) is 0 Å². The molecule has 0 atom stereocenters. The van der Waals surface area contributed by atoms with Crippen molar-refractivity contribution in [1.29, 1.82) is 0 Å². The lowest BCUT2D eigenvalue weighted by Crippen LogP contribution is -2.05. The second kappa shape index (κ2) is 4.20. The van der Waals surface area contributed by atoms with Gasteiger partial charge in [-0.05, 0) is 12.5 Å². The third-order valence-corrected chi connectivity index (χ3v) is 3.06. The number of aryl methyl sites for hydroxylation is 1. The number of fused-ring (bicyclic) bond motifs is 1. The summed E-state index contributed by atoms with van der Waals surface area (Å²) in [7, 11) is 0. The zero-order valence-corrected chi connectivity index (χ0v) is 10.2. The van der Waals surface area contributed by atoms with E-state index in [9.17, 15) is 9.90 Å². The summed E-state index contributed by atoms with van der Waals surface area (Å²) < 4.78 is 0. The quantitative estimate of drug-likeness (QED) is 0.735. The fourth-order valence-corrected chi connectivity index (χ4v) is 2.25. The van der Waals surface area contributed by atoms with Crippen LogP contribution in [0.25, 0.3) is 22.2 Å². The van der Waals surface area contributed by atoms with Gasteiger partial charge in [-0.25, -0.2) is 9.78 Å². The van der Waals surface area contributed by atoms with Gasteiger partial charge in [0.05, 0.1) is 17.5 Å². The summed E-state index contributed by atoms with van der Waals surface area (Å²) in [5.74, 6) is -0.980. The fourth-order valence-electron chi connectivity index (χ4n) is 2.25. The molecule has 0 aliphatic heterocycles. The number of nitrogens with one attached hydrogen (secondary N) is 1. The minimum Gasteiger partial charge on any atom is -0.478 e. The van der Waals surface area contributed by atoms with Gasteiger partial charge in [0.15, 0.2) is 5.65 Å². The number of rotatable bonds is 2. The number of carbonyl (C=O) groups is 1. The molecule has 0 radical (unpaired) electrons. The SMILES string of the molecule is Cc1nc2[nH]ncc2c(-c2ccccc2)c1C(=O)O. The van der Waals surface area contributed by atoms with E-state index >= 15 is 0 Å². The lowest BCUT2D eigenvalue weighted by molar-refractivity contribution is 0.0696. The molecule has 0 unspecified atom stereocenters. The number of pyridine rings is 1. The molecule has 94 valence electrons. The summed E-state index contributed by atoms with van der Waals surface area (Å²) in [6.45, 7) is 1.69. The van der Waals surface area contributed by atoms with E-state index in [4.69, 9.17) is 0 Å². The van der Waals surface area contributed by atoms with Gasteiger partial charge >= 0.3 is 5.97 Å². The molecule has 0 spiro atoms. The molecule has 0 aliphatic rings. The molecule has 0 amide bonds. The molecule has 5 heteroatoms. The van der Waals surface area contributed by atoms with E-state index in [1.165, 1.54) is 0 Å². The van der Waals surface area contributed by atoms with E-state index < -0.39 is 5.97 Å². The molecule has 0 bridgehead atoms. The minimum atomic E-state index is -0.980. The molecule has 5 nitrogen and oxygen atoms in total. The maximum absolute atomic E-state index is 11.5. The number of hydrogen-bond acceptors (Lipinski definition) is 3. The van der Waals surface area contributed by atoms with Gasteiger partial charge in [0.1, 0.15) is 0 Å². The number of aromatic amines is 1. The van der Waals surface area contributed by atoms with E-state index in [0.717, 1.165) is 5.56 Å². The Labute approximate surface area is 108 Å². The summed E-state index contributed by atoms with van der Waals surface area (Å²) in [4.78, 5) is 15.8. The Kier molecular flexibility index (Phi) is 2.52. The van der Waals surface area contributed by atoms with Crippen LogP contribution in [0.4, 0.5) is 0 Å². The van der Waals surface area contributed by atoms with Crippen LogP contribution in [0.1, 0.15) is 16.1 Å². The van der Waals surface area contributed by atoms with Gasteiger partial charge in [-0.15, -0.1) is 0 Å². The highest BCUT2D eigenvalue weighted by Gasteiger charge is 2.20. The van der Waals surface area contributed by atoms with Gasteiger partial charge < -0.3 is 5.11 Å². The molecule has 0 aliphatic carbocycles. The molecule has 0 fully saturated rings. The third-order valence-electron chi connectivity index (χ3n) is 3.06. The fraction of sp³-hybridized carbons (Fsp3) is 0.0714. The lowest BCUT2D eigenvalue weighted by atomic mass is 9.96. The molecule has 3 rings (SSSR count). The highest BCUT2D eigenvalue weighted by atomic mass is 16.4. The van der Waals surface area contributed by atoms with Crippen molar-refractivity contribution in [2.45, 2.75) is 6.92 Å². The Balaban J connectivity index is 2.46. The van der Waals surface area contributed by atoms with E-state index in [0.29, 0.717) is 22.3 Å². The highest BCUT2D eigenvalue weighted by molar-refractivity contribution is 6.06. The molecule has 3 aromatic rings. The van der Waals surface area contributed by atoms with Crippen molar-refractivity contribution in [3.05, 3.63) is 47.8 Å². The van der Waals surface area contributed by atoms with Gasteiger partial charge in [-0.3, -0.25) is 5.10 Å². The Bertz CT molecular complexity index is 763. The molecule has 0 saturated heterocycles. The van der Waals surface area contributed by atoms with Crippen LogP contribution >= 0.6 is 0 Å². The second-order valence-corrected chi connectivity index (χ2v) is 4.25. The lowest BCUT2D eigenvalue weighted by Gasteiger charge is -2.10. The Hall–Kier alpha value is -2.69. The van der Waals surface area contributed by atoms with E-state index in [2.05, 4.69) is 15.2 Å². The molecular weight excluding hydrogens is 242 g/mol. The van der Waals surface area contributed by atoms with Crippen LogP contribution in [0.15, 0.2) is 36.5 Å². The predicted molar refractivity (Wildman–Crippen MR) is 71.0 cm³/mol. The van der Waals surface area contributed by atoms with Crippen molar-refractivity contribution in [1.82, 2.24) is 15.2 Å². The molecule has 2 aromatic heterocycles. The smallest absolute Gasteiger partial charge is 0.338 e. The van der Waals surface area contributed by atoms with Crippen molar-refractivity contribution >= 4 is 17.0 Å². The topological polar surface area (TPSA) is 78.9 Å². The van der Waals surface area contributed by atoms with Crippen LogP contribution in [0, 0.1) is 6.92 Å². The van der Waals surface area contributed by atoms with Crippen LogP contribution in [0.3, 0.4) is 0 Å². The van der Waals surface area contributed by atoms with Crippen molar-refractivity contribution in [2.75, 3.05) is 0 Å². The zero-order chi connectivity index (χ0) is 13.4. The Morgan fingerprint density at radius 3 is 2.68 bits per heavy atom. The van der Waals surface area contributed by atoms with Gasteiger partial charge in [-0.1, -0.05) is 30.3 Å². The number of aromatic carboxylic acids is 1. The summed E-state index contributed by atoms with van der Waals surface area (Å²) in [6, 6.07) is 9.41. The van der Waals surface area contributed by atoms with E-state index in [-0.39, 0.29) is 5.56 Å². The number of carboxylic acids is 1. The monoisotopic (exact) mass is 253 g/mol.